The third-order valence-electron chi connectivity index (χ3n) is 4.52. The van der Waals surface area contributed by atoms with Crippen LogP contribution in [0.1, 0.15) is 65.8 Å². The summed E-state index contributed by atoms with van der Waals surface area (Å²) in [5.41, 5.74) is 1.81. The van der Waals surface area contributed by atoms with Crippen LogP contribution in [-0.2, 0) is 11.3 Å². The van der Waals surface area contributed by atoms with Gasteiger partial charge in [-0.05, 0) is 44.0 Å². The fourth-order valence-electron chi connectivity index (χ4n) is 3.21. The van der Waals surface area contributed by atoms with E-state index in [1.54, 1.807) is 43.5 Å². The van der Waals surface area contributed by atoms with Crippen LogP contribution in [0.15, 0.2) is 29.1 Å². The summed E-state index contributed by atoms with van der Waals surface area (Å²) in [6, 6.07) is 9.31. The van der Waals surface area contributed by atoms with Crippen molar-refractivity contribution in [3.63, 3.8) is 0 Å². The average molecular weight is 410 g/mol. The van der Waals surface area contributed by atoms with E-state index >= 15 is 0 Å². The second kappa shape index (κ2) is 8.18. The van der Waals surface area contributed by atoms with Crippen molar-refractivity contribution in [3.8, 4) is 6.07 Å². The van der Waals surface area contributed by atoms with Gasteiger partial charge in [0.15, 0.2) is 0 Å². The van der Waals surface area contributed by atoms with Gasteiger partial charge in [-0.1, -0.05) is 26.0 Å². The number of ether oxygens (including phenoxy) is 1. The Kier molecular flexibility index (Phi) is 5.85. The maximum absolute atomic E-state index is 13.4. The molecule has 0 bridgehead atoms. The van der Waals surface area contributed by atoms with Gasteiger partial charge in [0, 0.05) is 5.92 Å². The number of thiophene rings is 1. The van der Waals surface area contributed by atoms with Crippen LogP contribution in [0.5, 0.6) is 0 Å². The number of carbonyl (C=O) groups is 1. The molecule has 7 heteroatoms. The molecule has 6 nitrogen and oxygen atoms in total. The van der Waals surface area contributed by atoms with Crippen LogP contribution in [0.25, 0.3) is 10.2 Å². The van der Waals surface area contributed by atoms with Crippen LogP contribution in [0.3, 0.4) is 0 Å². The lowest BCUT2D eigenvalue weighted by Gasteiger charge is -2.15. The Morgan fingerprint density at radius 1 is 1.31 bits per heavy atom. The molecule has 0 saturated carbocycles. The summed E-state index contributed by atoms with van der Waals surface area (Å²) < 4.78 is 6.96. The lowest BCUT2D eigenvalue weighted by Crippen LogP contribution is -2.26. The SMILES string of the molecule is Cc1c(C(=O)OC(C)C)sc2nc(C(C)C)n(Cc3cccc(C#N)c3)c(=O)c12. The van der Waals surface area contributed by atoms with E-state index in [1.807, 2.05) is 19.9 Å². The molecule has 0 saturated heterocycles. The molecule has 0 spiro atoms. The average Bonchev–Trinajstić information content (AvgIpc) is 3.00. The summed E-state index contributed by atoms with van der Waals surface area (Å²) in [7, 11) is 0. The molecule has 0 aliphatic carbocycles. The van der Waals surface area contributed by atoms with E-state index in [2.05, 4.69) is 6.07 Å². The van der Waals surface area contributed by atoms with E-state index in [4.69, 9.17) is 15.0 Å². The minimum absolute atomic E-state index is 0.0136. The summed E-state index contributed by atoms with van der Waals surface area (Å²) in [5.74, 6) is 0.230. The lowest BCUT2D eigenvalue weighted by molar-refractivity contribution is 0.0383. The van der Waals surface area contributed by atoms with E-state index in [1.165, 1.54) is 11.3 Å². The molecule has 0 atom stereocenters. The number of aromatic nitrogens is 2. The number of hydrogen-bond acceptors (Lipinski definition) is 6. The van der Waals surface area contributed by atoms with Crippen LogP contribution in [-0.4, -0.2) is 21.6 Å². The summed E-state index contributed by atoms with van der Waals surface area (Å²) in [6.07, 6.45) is -0.240. The summed E-state index contributed by atoms with van der Waals surface area (Å²) >= 11 is 1.20. The molecule has 150 valence electrons. The first-order chi connectivity index (χ1) is 13.7. The van der Waals surface area contributed by atoms with Gasteiger partial charge in [0.1, 0.15) is 15.5 Å². The monoisotopic (exact) mass is 409 g/mol. The topological polar surface area (TPSA) is 85.0 Å². The number of benzene rings is 1. The van der Waals surface area contributed by atoms with E-state index in [0.29, 0.717) is 38.6 Å². The molecule has 3 aromatic rings. The largest absolute Gasteiger partial charge is 0.459 e. The highest BCUT2D eigenvalue weighted by atomic mass is 32.1. The highest BCUT2D eigenvalue weighted by molar-refractivity contribution is 7.20. The van der Waals surface area contributed by atoms with Crippen LogP contribution in [0, 0.1) is 18.3 Å². The van der Waals surface area contributed by atoms with Gasteiger partial charge in [0.25, 0.3) is 5.56 Å². The zero-order chi connectivity index (χ0) is 21.3. The predicted octanol–water partition coefficient (Wildman–Crippen LogP) is 4.38. The van der Waals surface area contributed by atoms with Gasteiger partial charge in [-0.3, -0.25) is 9.36 Å². The first-order valence-electron chi connectivity index (χ1n) is 9.46. The van der Waals surface area contributed by atoms with Crippen molar-refractivity contribution in [1.29, 1.82) is 5.26 Å². The molecular formula is C22H23N3O3S. The van der Waals surface area contributed by atoms with Gasteiger partial charge in [-0.15, -0.1) is 11.3 Å². The number of nitrogens with zero attached hydrogens (tertiary/aromatic N) is 3. The van der Waals surface area contributed by atoms with Gasteiger partial charge < -0.3 is 4.74 Å². The number of hydrogen-bond donors (Lipinski definition) is 0. The fraction of sp³-hybridized carbons (Fsp3) is 0.364. The third-order valence-corrected chi connectivity index (χ3v) is 5.69. The number of nitriles is 1. The number of esters is 1. The van der Waals surface area contributed by atoms with E-state index < -0.39 is 5.97 Å². The zero-order valence-electron chi connectivity index (χ0n) is 17.1. The fourth-order valence-corrected chi connectivity index (χ4v) is 4.27. The minimum Gasteiger partial charge on any atom is -0.459 e. The molecule has 0 fully saturated rings. The number of rotatable bonds is 5. The number of fused-ring (bicyclic) bond motifs is 1. The Bertz CT molecular complexity index is 1180. The van der Waals surface area contributed by atoms with Gasteiger partial charge in [-0.2, -0.15) is 5.26 Å². The third kappa shape index (κ3) is 4.08. The van der Waals surface area contributed by atoms with Crippen molar-refractivity contribution in [2.24, 2.45) is 0 Å². The molecule has 2 heterocycles. The molecule has 3 rings (SSSR count). The minimum atomic E-state index is -0.431. The lowest BCUT2D eigenvalue weighted by atomic mass is 10.1. The normalized spacial score (nSPS) is 11.2. The van der Waals surface area contributed by atoms with Gasteiger partial charge in [0.05, 0.1) is 29.7 Å². The Morgan fingerprint density at radius 2 is 2.03 bits per heavy atom. The zero-order valence-corrected chi connectivity index (χ0v) is 18.0. The first kappa shape index (κ1) is 20.7. The van der Waals surface area contributed by atoms with Crippen molar-refractivity contribution in [2.45, 2.75) is 53.2 Å². The molecule has 0 amide bonds. The van der Waals surface area contributed by atoms with E-state index in [-0.39, 0.29) is 17.6 Å². The van der Waals surface area contributed by atoms with Gasteiger partial charge >= 0.3 is 5.97 Å². The van der Waals surface area contributed by atoms with Gasteiger partial charge in [0.2, 0.25) is 0 Å². The van der Waals surface area contributed by atoms with E-state index in [0.717, 1.165) is 5.56 Å². The maximum Gasteiger partial charge on any atom is 0.348 e. The van der Waals surface area contributed by atoms with Crippen molar-refractivity contribution in [3.05, 3.63) is 62.0 Å². The standard InChI is InChI=1S/C22H23N3O3S/c1-12(2)19-24-20-17(14(5)18(29-20)22(27)28-13(3)4)21(26)25(19)11-16-8-6-7-15(9-16)10-23/h6-9,12-13H,11H2,1-5H3. The second-order valence-electron chi connectivity index (χ2n) is 7.52. The molecule has 0 unspecified atom stereocenters. The summed E-state index contributed by atoms with van der Waals surface area (Å²) in [4.78, 5) is 31.5. The molecule has 1 aromatic carbocycles. The van der Waals surface area contributed by atoms with Crippen LogP contribution in [0.4, 0.5) is 0 Å². The van der Waals surface area contributed by atoms with Crippen molar-refractivity contribution >= 4 is 27.5 Å². The van der Waals surface area contributed by atoms with Crippen molar-refractivity contribution in [2.75, 3.05) is 0 Å². The van der Waals surface area contributed by atoms with Crippen molar-refractivity contribution < 1.29 is 9.53 Å². The molecular weight excluding hydrogens is 386 g/mol. The maximum atomic E-state index is 13.4. The Balaban J connectivity index is 2.19. The molecule has 0 N–H and O–H groups in total. The molecule has 0 aliphatic rings. The quantitative estimate of drug-likeness (QED) is 0.584. The summed E-state index contributed by atoms with van der Waals surface area (Å²) in [5, 5.41) is 9.60. The van der Waals surface area contributed by atoms with Gasteiger partial charge in [-0.25, -0.2) is 9.78 Å². The molecule has 2 aromatic heterocycles. The molecule has 0 aliphatic heterocycles. The van der Waals surface area contributed by atoms with E-state index in [9.17, 15) is 9.59 Å². The highest BCUT2D eigenvalue weighted by Gasteiger charge is 2.23. The van der Waals surface area contributed by atoms with Crippen molar-refractivity contribution in [1.82, 2.24) is 9.55 Å². The Morgan fingerprint density at radius 3 is 2.66 bits per heavy atom. The molecule has 0 radical (unpaired) electrons. The van der Waals surface area contributed by atoms with Crippen LogP contribution in [0.2, 0.25) is 0 Å². The number of carbonyl (C=O) groups excluding carboxylic acids is 1. The Hall–Kier alpha value is -2.98. The smallest absolute Gasteiger partial charge is 0.348 e. The number of aryl methyl sites for hydroxylation is 1. The summed E-state index contributed by atoms with van der Waals surface area (Å²) in [6.45, 7) is 9.60. The second-order valence-corrected chi connectivity index (χ2v) is 8.52. The predicted molar refractivity (Wildman–Crippen MR) is 114 cm³/mol. The Labute approximate surface area is 173 Å². The first-order valence-corrected chi connectivity index (χ1v) is 10.3. The van der Waals surface area contributed by atoms with Crippen LogP contribution < -0.4 is 5.56 Å². The molecule has 29 heavy (non-hydrogen) atoms. The van der Waals surface area contributed by atoms with Crippen LogP contribution >= 0.6 is 11.3 Å². The highest BCUT2D eigenvalue weighted by Crippen LogP contribution is 2.29.